The van der Waals surface area contributed by atoms with E-state index >= 15 is 0 Å². The van der Waals surface area contributed by atoms with Crippen molar-refractivity contribution in [1.29, 1.82) is 0 Å². The maximum absolute atomic E-state index is 13.2. The van der Waals surface area contributed by atoms with Crippen LogP contribution in [0.3, 0.4) is 0 Å². The van der Waals surface area contributed by atoms with Crippen molar-refractivity contribution in [3.8, 4) is 0 Å². The van der Waals surface area contributed by atoms with Crippen LogP contribution in [0.15, 0.2) is 35.1 Å². The van der Waals surface area contributed by atoms with Crippen molar-refractivity contribution in [2.75, 3.05) is 7.11 Å². The highest BCUT2D eigenvalue weighted by Gasteiger charge is 2.22. The van der Waals surface area contributed by atoms with Gasteiger partial charge in [-0.2, -0.15) is 0 Å². The lowest BCUT2D eigenvalue weighted by Gasteiger charge is -2.13. The molecule has 0 N–H and O–H groups in total. The summed E-state index contributed by atoms with van der Waals surface area (Å²) >= 11 is 1.69. The minimum absolute atomic E-state index is 0.0790. The van der Waals surface area contributed by atoms with Crippen molar-refractivity contribution in [2.45, 2.75) is 38.8 Å². The van der Waals surface area contributed by atoms with Gasteiger partial charge in [0.25, 0.3) is 5.56 Å². The van der Waals surface area contributed by atoms with Crippen LogP contribution in [-0.4, -0.2) is 16.7 Å². The third kappa shape index (κ3) is 2.68. The van der Waals surface area contributed by atoms with Crippen molar-refractivity contribution in [1.82, 2.24) is 9.55 Å². The number of hydrogen-bond donors (Lipinski definition) is 0. The van der Waals surface area contributed by atoms with Crippen molar-refractivity contribution in [3.63, 3.8) is 0 Å². The Morgan fingerprint density at radius 1 is 1.21 bits per heavy atom. The average molecular weight is 340 g/mol. The molecule has 0 saturated carbocycles. The quantitative estimate of drug-likeness (QED) is 0.730. The first-order valence-electron chi connectivity index (χ1n) is 8.34. The summed E-state index contributed by atoms with van der Waals surface area (Å²) in [5, 5.41) is 0.838. The Bertz CT molecular complexity index is 928. The highest BCUT2D eigenvalue weighted by molar-refractivity contribution is 7.18. The summed E-state index contributed by atoms with van der Waals surface area (Å²) in [5.74, 6) is 0.706. The summed E-state index contributed by atoms with van der Waals surface area (Å²) in [5.41, 5.74) is 2.42. The van der Waals surface area contributed by atoms with Crippen LogP contribution < -0.4 is 5.56 Å². The maximum Gasteiger partial charge on any atom is 0.262 e. The highest BCUT2D eigenvalue weighted by Crippen LogP contribution is 2.33. The molecular weight excluding hydrogens is 320 g/mol. The third-order valence-corrected chi connectivity index (χ3v) is 5.80. The van der Waals surface area contributed by atoms with Crippen molar-refractivity contribution in [3.05, 3.63) is 62.5 Å². The molecule has 0 bridgehead atoms. The molecule has 0 saturated heterocycles. The van der Waals surface area contributed by atoms with E-state index in [2.05, 4.69) is 0 Å². The summed E-state index contributed by atoms with van der Waals surface area (Å²) in [7, 11) is 1.64. The van der Waals surface area contributed by atoms with E-state index in [1.165, 1.54) is 16.9 Å². The van der Waals surface area contributed by atoms with Gasteiger partial charge in [0, 0.05) is 12.0 Å². The predicted octanol–water partition coefficient (Wildman–Crippen LogP) is 3.53. The fourth-order valence-corrected chi connectivity index (χ4v) is 4.72. The van der Waals surface area contributed by atoms with Gasteiger partial charge < -0.3 is 4.74 Å². The van der Waals surface area contributed by atoms with Crippen LogP contribution in [0.5, 0.6) is 0 Å². The molecule has 0 spiro atoms. The standard InChI is InChI=1S/C19H20N2O2S/c1-23-12-16-20-18-17(14-9-5-6-10-15(14)24-18)19(22)21(16)11-13-7-3-2-4-8-13/h2-4,7-8H,5-6,9-12H2,1H3. The van der Waals surface area contributed by atoms with Crippen molar-refractivity contribution < 1.29 is 4.74 Å². The molecule has 1 aliphatic rings. The lowest BCUT2D eigenvalue weighted by molar-refractivity contribution is 0.173. The fraction of sp³-hybridized carbons (Fsp3) is 0.368. The Morgan fingerprint density at radius 2 is 2.00 bits per heavy atom. The van der Waals surface area contributed by atoms with E-state index in [0.717, 1.165) is 35.0 Å². The predicted molar refractivity (Wildman–Crippen MR) is 96.8 cm³/mol. The summed E-state index contributed by atoms with van der Waals surface area (Å²) in [6.07, 6.45) is 4.45. The monoisotopic (exact) mass is 340 g/mol. The van der Waals surface area contributed by atoms with E-state index in [4.69, 9.17) is 9.72 Å². The van der Waals surface area contributed by atoms with Gasteiger partial charge in [-0.05, 0) is 36.8 Å². The number of fused-ring (bicyclic) bond motifs is 3. The van der Waals surface area contributed by atoms with Gasteiger partial charge in [-0.25, -0.2) is 4.98 Å². The molecule has 0 radical (unpaired) electrons. The maximum atomic E-state index is 13.2. The molecule has 3 aromatic rings. The number of methoxy groups -OCH3 is 1. The topological polar surface area (TPSA) is 44.1 Å². The van der Waals surface area contributed by atoms with Crippen molar-refractivity contribution >= 4 is 21.6 Å². The molecule has 124 valence electrons. The third-order valence-electron chi connectivity index (χ3n) is 4.61. The average Bonchev–Trinajstić information content (AvgIpc) is 2.98. The van der Waals surface area contributed by atoms with Crippen molar-refractivity contribution in [2.24, 2.45) is 0 Å². The van der Waals surface area contributed by atoms with E-state index in [-0.39, 0.29) is 5.56 Å². The molecule has 2 heterocycles. The highest BCUT2D eigenvalue weighted by atomic mass is 32.1. The van der Waals surface area contributed by atoms with Gasteiger partial charge in [0.2, 0.25) is 0 Å². The number of thiophene rings is 1. The number of aryl methyl sites for hydroxylation is 2. The Hall–Kier alpha value is -1.98. The summed E-state index contributed by atoms with van der Waals surface area (Å²) in [4.78, 5) is 20.2. The Balaban J connectivity index is 1.91. The van der Waals surface area contributed by atoms with E-state index in [0.29, 0.717) is 19.0 Å². The van der Waals surface area contributed by atoms with E-state index in [9.17, 15) is 4.79 Å². The molecule has 1 aliphatic carbocycles. The summed E-state index contributed by atoms with van der Waals surface area (Å²) in [6.45, 7) is 0.881. The number of hydrogen-bond acceptors (Lipinski definition) is 4. The minimum atomic E-state index is 0.0790. The van der Waals surface area contributed by atoms with Gasteiger partial charge in [-0.15, -0.1) is 11.3 Å². The summed E-state index contributed by atoms with van der Waals surface area (Å²) in [6, 6.07) is 10.1. The minimum Gasteiger partial charge on any atom is -0.377 e. The molecule has 0 unspecified atom stereocenters. The van der Waals surface area contributed by atoms with Gasteiger partial charge in [-0.3, -0.25) is 9.36 Å². The van der Waals surface area contributed by atoms with Gasteiger partial charge in [0.05, 0.1) is 11.9 Å². The normalized spacial score (nSPS) is 14.0. The fourth-order valence-electron chi connectivity index (χ4n) is 3.45. The lowest BCUT2D eigenvalue weighted by atomic mass is 9.97. The molecule has 4 rings (SSSR count). The molecule has 0 atom stereocenters. The van der Waals surface area contributed by atoms with E-state index < -0.39 is 0 Å². The first-order chi connectivity index (χ1) is 11.8. The van der Waals surface area contributed by atoms with Gasteiger partial charge in [-0.1, -0.05) is 30.3 Å². The van der Waals surface area contributed by atoms with Crippen LogP contribution in [-0.2, 0) is 30.7 Å². The van der Waals surface area contributed by atoms with Crippen LogP contribution in [0.4, 0.5) is 0 Å². The lowest BCUT2D eigenvalue weighted by Crippen LogP contribution is -2.26. The number of benzene rings is 1. The molecule has 4 nitrogen and oxygen atoms in total. The van der Waals surface area contributed by atoms with Crippen LogP contribution in [0.1, 0.15) is 34.7 Å². The van der Waals surface area contributed by atoms with Crippen LogP contribution in [0.2, 0.25) is 0 Å². The molecule has 0 amide bonds. The molecule has 0 aliphatic heterocycles. The molecule has 1 aromatic carbocycles. The second-order valence-electron chi connectivity index (χ2n) is 6.23. The number of ether oxygens (including phenoxy) is 1. The zero-order valence-corrected chi connectivity index (χ0v) is 14.6. The SMILES string of the molecule is COCc1nc2sc3c(c2c(=O)n1Cc1ccccc1)CCCC3. The number of nitrogens with zero attached hydrogens (tertiary/aromatic N) is 2. The first-order valence-corrected chi connectivity index (χ1v) is 9.16. The van der Waals surface area contributed by atoms with Crippen LogP contribution in [0.25, 0.3) is 10.2 Å². The number of rotatable bonds is 4. The van der Waals surface area contributed by atoms with Gasteiger partial charge in [0.1, 0.15) is 17.3 Å². The Labute approximate surface area is 144 Å². The van der Waals surface area contributed by atoms with Gasteiger partial charge in [0.15, 0.2) is 0 Å². The molecular formula is C19H20N2O2S. The Kier molecular flexibility index (Phi) is 4.21. The molecule has 24 heavy (non-hydrogen) atoms. The summed E-state index contributed by atoms with van der Waals surface area (Å²) < 4.78 is 7.08. The van der Waals surface area contributed by atoms with E-state index in [1.54, 1.807) is 23.0 Å². The zero-order valence-electron chi connectivity index (χ0n) is 13.7. The van der Waals surface area contributed by atoms with Crippen LogP contribution in [0, 0.1) is 0 Å². The first kappa shape index (κ1) is 15.5. The second kappa shape index (κ2) is 6.49. The zero-order chi connectivity index (χ0) is 16.5. The largest absolute Gasteiger partial charge is 0.377 e. The molecule has 5 heteroatoms. The molecule has 0 fully saturated rings. The van der Waals surface area contributed by atoms with Gasteiger partial charge >= 0.3 is 0 Å². The van der Waals surface area contributed by atoms with E-state index in [1.807, 2.05) is 30.3 Å². The second-order valence-corrected chi connectivity index (χ2v) is 7.31. The molecule has 2 aromatic heterocycles. The van der Waals surface area contributed by atoms with Crippen LogP contribution >= 0.6 is 11.3 Å². The smallest absolute Gasteiger partial charge is 0.262 e. The Morgan fingerprint density at radius 3 is 2.79 bits per heavy atom. The number of aromatic nitrogens is 2.